The number of likely N-dealkylation sites (tertiary alicyclic amines) is 1. The molecular weight excluding hydrogens is 409 g/mol. The van der Waals surface area contributed by atoms with Crippen molar-refractivity contribution in [2.45, 2.75) is 25.3 Å². The van der Waals surface area contributed by atoms with Gasteiger partial charge >= 0.3 is 0 Å². The minimum atomic E-state index is -0.348. The van der Waals surface area contributed by atoms with E-state index in [0.29, 0.717) is 48.3 Å². The quantitative estimate of drug-likeness (QED) is 0.550. The first-order valence-electron chi connectivity index (χ1n) is 10.9. The lowest BCUT2D eigenvalue weighted by Gasteiger charge is -2.20. The smallest absolute Gasteiger partial charge is 0.255 e. The van der Waals surface area contributed by atoms with Gasteiger partial charge in [-0.15, -0.1) is 0 Å². The van der Waals surface area contributed by atoms with Crippen molar-refractivity contribution >= 4 is 17.3 Å². The molecule has 0 aliphatic carbocycles. The number of rotatable bonds is 6. The fourth-order valence-electron chi connectivity index (χ4n) is 4.49. The molecule has 3 aromatic rings. The zero-order valence-corrected chi connectivity index (χ0v) is 18.0. The number of fused-ring (bicyclic) bond motifs is 1. The highest BCUT2D eigenvalue weighted by Gasteiger charge is 2.28. The minimum Gasteiger partial charge on any atom is -0.490 e. The summed E-state index contributed by atoms with van der Waals surface area (Å²) in [4.78, 5) is 22.7. The van der Waals surface area contributed by atoms with Crippen LogP contribution in [0.25, 0.3) is 11.3 Å². The standard InChI is InChI=1S/C24H26FN5O2/c1-30-11-3-6-17(30)14-32-20-13-26-9-7-18(20)22-23(28-16-5-2-4-15(25)12-16)21-19(29-22)8-10-27-24(21)31/h2,4-5,7,9,12-13,17,28-29H,3,6,8,10-11,14H2,1H3,(H,27,31). The Morgan fingerprint density at radius 2 is 2.25 bits per heavy atom. The number of hydrogen-bond donors (Lipinski definition) is 3. The number of aromatic nitrogens is 2. The molecule has 0 bridgehead atoms. The average Bonchev–Trinajstić information content (AvgIpc) is 3.36. The molecule has 8 heteroatoms. The molecule has 3 N–H and O–H groups in total. The van der Waals surface area contributed by atoms with Crippen LogP contribution in [-0.4, -0.2) is 53.6 Å². The second kappa shape index (κ2) is 8.63. The van der Waals surface area contributed by atoms with Crippen LogP contribution in [0.2, 0.25) is 0 Å². The topological polar surface area (TPSA) is 82.3 Å². The van der Waals surface area contributed by atoms with Crippen LogP contribution in [0.5, 0.6) is 5.75 Å². The van der Waals surface area contributed by atoms with E-state index in [1.807, 2.05) is 6.07 Å². The summed E-state index contributed by atoms with van der Waals surface area (Å²) >= 11 is 0. The van der Waals surface area contributed by atoms with Gasteiger partial charge in [-0.2, -0.15) is 0 Å². The number of nitrogens with one attached hydrogen (secondary N) is 3. The second-order valence-corrected chi connectivity index (χ2v) is 8.33. The number of anilines is 2. The summed E-state index contributed by atoms with van der Waals surface area (Å²) < 4.78 is 20.0. The Labute approximate surface area is 186 Å². The van der Waals surface area contributed by atoms with Crippen molar-refractivity contribution in [1.82, 2.24) is 20.2 Å². The highest BCUT2D eigenvalue weighted by atomic mass is 19.1. The fraction of sp³-hybridized carbons (Fsp3) is 0.333. The average molecular weight is 436 g/mol. The van der Waals surface area contributed by atoms with Gasteiger partial charge in [0, 0.05) is 42.1 Å². The van der Waals surface area contributed by atoms with Gasteiger partial charge in [0.25, 0.3) is 5.91 Å². The first-order valence-corrected chi connectivity index (χ1v) is 10.9. The number of benzene rings is 1. The molecule has 0 spiro atoms. The molecule has 1 saturated heterocycles. The summed E-state index contributed by atoms with van der Waals surface area (Å²) in [6.45, 7) is 2.22. The fourth-order valence-corrected chi connectivity index (χ4v) is 4.49. The number of pyridine rings is 1. The Kier molecular flexibility index (Phi) is 5.53. The highest BCUT2D eigenvalue weighted by molar-refractivity contribution is 6.06. The van der Waals surface area contributed by atoms with Crippen molar-refractivity contribution in [3.63, 3.8) is 0 Å². The Bertz CT molecular complexity index is 1150. The number of H-pyrrole nitrogens is 1. The Morgan fingerprint density at radius 3 is 3.06 bits per heavy atom. The molecule has 2 aliphatic rings. The molecule has 5 rings (SSSR count). The summed E-state index contributed by atoms with van der Waals surface area (Å²) in [6.07, 6.45) is 6.37. The van der Waals surface area contributed by atoms with Crippen LogP contribution in [-0.2, 0) is 6.42 Å². The summed E-state index contributed by atoms with van der Waals surface area (Å²) in [5.41, 5.74) is 4.11. The predicted octanol–water partition coefficient (Wildman–Crippen LogP) is 3.72. The zero-order chi connectivity index (χ0) is 22.1. The van der Waals surface area contributed by atoms with E-state index in [0.717, 1.165) is 29.9 Å². The van der Waals surface area contributed by atoms with Gasteiger partial charge in [-0.05, 0) is 50.7 Å². The number of nitrogens with zero attached hydrogens (tertiary/aromatic N) is 2. The van der Waals surface area contributed by atoms with Crippen molar-refractivity contribution in [1.29, 1.82) is 0 Å². The number of aromatic amines is 1. The predicted molar refractivity (Wildman–Crippen MR) is 121 cm³/mol. The van der Waals surface area contributed by atoms with Crippen molar-refractivity contribution in [2.24, 2.45) is 0 Å². The Hall–Kier alpha value is -3.39. The molecule has 7 nitrogen and oxygen atoms in total. The van der Waals surface area contributed by atoms with Crippen LogP contribution in [0.4, 0.5) is 15.8 Å². The lowest BCUT2D eigenvalue weighted by atomic mass is 10.0. The molecular formula is C24H26FN5O2. The largest absolute Gasteiger partial charge is 0.490 e. The summed E-state index contributed by atoms with van der Waals surface area (Å²) in [6, 6.07) is 8.45. The van der Waals surface area contributed by atoms with E-state index in [-0.39, 0.29) is 11.7 Å². The summed E-state index contributed by atoms with van der Waals surface area (Å²) in [7, 11) is 2.11. The lowest BCUT2D eigenvalue weighted by molar-refractivity contribution is 0.0947. The van der Waals surface area contributed by atoms with Gasteiger partial charge < -0.3 is 25.3 Å². The molecule has 4 heterocycles. The maximum absolute atomic E-state index is 13.8. The van der Waals surface area contributed by atoms with Gasteiger partial charge in [0.1, 0.15) is 18.2 Å². The van der Waals surface area contributed by atoms with Crippen LogP contribution in [0.1, 0.15) is 28.9 Å². The van der Waals surface area contributed by atoms with Gasteiger partial charge in [0.2, 0.25) is 0 Å². The van der Waals surface area contributed by atoms with Crippen LogP contribution in [0.3, 0.4) is 0 Å². The van der Waals surface area contributed by atoms with Crippen LogP contribution >= 0.6 is 0 Å². The van der Waals surface area contributed by atoms with Gasteiger partial charge in [-0.25, -0.2) is 4.39 Å². The number of likely N-dealkylation sites (N-methyl/N-ethyl adjacent to an activating group) is 1. The molecule has 1 unspecified atom stereocenters. The van der Waals surface area contributed by atoms with E-state index >= 15 is 0 Å². The number of halogens is 1. The first-order chi connectivity index (χ1) is 15.6. The zero-order valence-electron chi connectivity index (χ0n) is 18.0. The molecule has 0 saturated carbocycles. The molecule has 2 aromatic heterocycles. The Morgan fingerprint density at radius 1 is 1.34 bits per heavy atom. The third-order valence-electron chi connectivity index (χ3n) is 6.22. The lowest BCUT2D eigenvalue weighted by Crippen LogP contribution is -2.31. The molecule has 166 valence electrons. The highest BCUT2D eigenvalue weighted by Crippen LogP contribution is 2.40. The van der Waals surface area contributed by atoms with Gasteiger partial charge in [-0.3, -0.25) is 9.78 Å². The molecule has 32 heavy (non-hydrogen) atoms. The van der Waals surface area contributed by atoms with Crippen molar-refractivity contribution in [3.05, 3.63) is 59.8 Å². The maximum atomic E-state index is 13.8. The molecule has 0 radical (unpaired) electrons. The Balaban J connectivity index is 1.54. The summed E-state index contributed by atoms with van der Waals surface area (Å²) in [5, 5.41) is 6.17. The van der Waals surface area contributed by atoms with Gasteiger partial charge in [0.15, 0.2) is 0 Å². The number of amides is 1. The number of hydrogen-bond acceptors (Lipinski definition) is 5. The van der Waals surface area contributed by atoms with Crippen molar-refractivity contribution < 1.29 is 13.9 Å². The van der Waals surface area contributed by atoms with E-state index in [4.69, 9.17) is 4.74 Å². The van der Waals surface area contributed by atoms with E-state index in [9.17, 15) is 9.18 Å². The summed E-state index contributed by atoms with van der Waals surface area (Å²) in [5.74, 6) is 0.143. The first kappa shape index (κ1) is 20.5. The number of carbonyl (C=O) groups excluding carboxylic acids is 1. The molecule has 2 aliphatic heterocycles. The van der Waals surface area contributed by atoms with E-state index in [1.165, 1.54) is 18.6 Å². The SMILES string of the molecule is CN1CCCC1COc1cnccc1-c1[nH]c2c(c1Nc1cccc(F)c1)C(=O)NCC2. The second-order valence-electron chi connectivity index (χ2n) is 8.33. The van der Waals surface area contributed by atoms with Crippen LogP contribution in [0.15, 0.2) is 42.7 Å². The van der Waals surface area contributed by atoms with Crippen molar-refractivity contribution in [2.75, 3.05) is 32.1 Å². The number of ether oxygens (including phenoxy) is 1. The third-order valence-corrected chi connectivity index (χ3v) is 6.22. The molecule has 1 aromatic carbocycles. The van der Waals surface area contributed by atoms with E-state index in [1.54, 1.807) is 24.5 Å². The molecule has 1 atom stereocenters. The van der Waals surface area contributed by atoms with Gasteiger partial charge in [0.05, 0.1) is 23.1 Å². The molecule has 1 fully saturated rings. The molecule has 1 amide bonds. The maximum Gasteiger partial charge on any atom is 0.255 e. The van der Waals surface area contributed by atoms with Gasteiger partial charge in [-0.1, -0.05) is 6.07 Å². The normalized spacial score (nSPS) is 18.3. The van der Waals surface area contributed by atoms with E-state index < -0.39 is 0 Å². The van der Waals surface area contributed by atoms with Crippen LogP contribution < -0.4 is 15.4 Å². The third kappa shape index (κ3) is 3.93. The van der Waals surface area contributed by atoms with Crippen molar-refractivity contribution in [3.8, 4) is 17.0 Å². The monoisotopic (exact) mass is 435 g/mol. The van der Waals surface area contributed by atoms with E-state index in [2.05, 4.69) is 32.5 Å². The minimum absolute atomic E-state index is 0.156. The van der Waals surface area contributed by atoms with Crippen LogP contribution in [0, 0.1) is 5.82 Å². The number of carbonyl (C=O) groups is 1.